The number of aliphatic hydroxyl groups excluding tert-OH is 4. The summed E-state index contributed by atoms with van der Waals surface area (Å²) in [5.74, 6) is -3.68. The third-order valence-corrected chi connectivity index (χ3v) is 1.50. The first-order chi connectivity index (χ1) is 6.29. The molecule has 0 radical (unpaired) electrons. The third-order valence-electron chi connectivity index (χ3n) is 1.50. The van der Waals surface area contributed by atoms with E-state index in [0.29, 0.717) is 0 Å². The Morgan fingerprint density at radius 3 is 1.07 bits per heavy atom. The van der Waals surface area contributed by atoms with Crippen molar-refractivity contribution < 1.29 is 62.6 Å². The Bertz CT molecular complexity index is 207. The summed E-state index contributed by atoms with van der Waals surface area (Å²) in [5.41, 5.74) is 0. The number of rotatable bonds is 5. The Hall–Kier alpha value is -0.480. The average Bonchev–Trinajstić information content (AvgIpc) is 2.12. The number of hydrogen-bond donors (Lipinski definition) is 6. The predicted octanol–water partition coefficient (Wildman–Crippen LogP) is -3.40. The molecule has 0 saturated carbocycles. The SMILES string of the molecule is O=C(O)C(O)C(O)C(O)C(O)C(=O)O.[Ag+]. The zero-order valence-corrected chi connectivity index (χ0v) is 8.59. The minimum atomic E-state index is -2.36. The van der Waals surface area contributed by atoms with E-state index in [2.05, 4.69) is 0 Å². The fourth-order valence-corrected chi connectivity index (χ4v) is 0.666. The summed E-state index contributed by atoms with van der Waals surface area (Å²) in [6.07, 6.45) is -9.28. The average molecular weight is 318 g/mol. The summed E-state index contributed by atoms with van der Waals surface area (Å²) in [7, 11) is 0. The quantitative estimate of drug-likeness (QED) is 0.286. The van der Waals surface area contributed by atoms with Gasteiger partial charge in [-0.3, -0.25) is 0 Å². The Balaban J connectivity index is 0. The van der Waals surface area contributed by atoms with Crippen molar-refractivity contribution in [3.63, 3.8) is 0 Å². The van der Waals surface area contributed by atoms with E-state index in [1.54, 1.807) is 0 Å². The topological polar surface area (TPSA) is 156 Å². The largest absolute Gasteiger partial charge is 1.00 e. The summed E-state index contributed by atoms with van der Waals surface area (Å²) in [5, 5.41) is 51.5. The molecule has 15 heavy (non-hydrogen) atoms. The van der Waals surface area contributed by atoms with Crippen LogP contribution in [0.3, 0.4) is 0 Å². The zero-order chi connectivity index (χ0) is 11.5. The van der Waals surface area contributed by atoms with Crippen molar-refractivity contribution in [2.75, 3.05) is 0 Å². The minimum absolute atomic E-state index is 0. The van der Waals surface area contributed by atoms with Crippen LogP contribution in [-0.2, 0) is 32.0 Å². The summed E-state index contributed by atoms with van der Waals surface area (Å²) in [6.45, 7) is 0. The predicted molar refractivity (Wildman–Crippen MR) is 39.3 cm³/mol. The smallest absolute Gasteiger partial charge is 0.479 e. The Morgan fingerprint density at radius 2 is 0.933 bits per heavy atom. The van der Waals surface area contributed by atoms with Crippen molar-refractivity contribution >= 4 is 11.9 Å². The molecule has 0 aromatic heterocycles. The van der Waals surface area contributed by atoms with Crippen LogP contribution in [0, 0.1) is 0 Å². The molecule has 0 amide bonds. The molecule has 0 aliphatic heterocycles. The van der Waals surface area contributed by atoms with E-state index < -0.39 is 36.4 Å². The van der Waals surface area contributed by atoms with Gasteiger partial charge in [-0.15, -0.1) is 0 Å². The first kappa shape index (κ1) is 16.9. The van der Waals surface area contributed by atoms with Crippen molar-refractivity contribution in [2.24, 2.45) is 0 Å². The van der Waals surface area contributed by atoms with E-state index in [4.69, 9.17) is 30.6 Å². The van der Waals surface area contributed by atoms with Gasteiger partial charge < -0.3 is 30.6 Å². The van der Waals surface area contributed by atoms with Gasteiger partial charge in [0.25, 0.3) is 0 Å². The molecule has 8 nitrogen and oxygen atoms in total. The number of carboxylic acids is 2. The molecule has 0 rings (SSSR count). The molecule has 0 spiro atoms. The molecule has 6 N–H and O–H groups in total. The van der Waals surface area contributed by atoms with Gasteiger partial charge in [0.15, 0.2) is 12.2 Å². The molecular formula is C6H10AgO8+. The van der Waals surface area contributed by atoms with E-state index in [0.717, 1.165) is 0 Å². The second-order valence-electron chi connectivity index (χ2n) is 2.55. The van der Waals surface area contributed by atoms with Gasteiger partial charge in [-0.05, 0) is 0 Å². The van der Waals surface area contributed by atoms with Crippen molar-refractivity contribution in [3.05, 3.63) is 0 Å². The maximum Gasteiger partial charge on any atom is 1.00 e. The van der Waals surface area contributed by atoms with Crippen LogP contribution in [0.1, 0.15) is 0 Å². The van der Waals surface area contributed by atoms with Gasteiger partial charge in [-0.25, -0.2) is 9.59 Å². The maximum atomic E-state index is 10.1. The standard InChI is InChI=1S/C6H10O8.Ag/c7-1(3(9)5(11)12)2(8)4(10)6(13)14;/h1-4,7-10H,(H,11,12)(H,13,14);/q;+1. The summed E-state index contributed by atoms with van der Waals surface area (Å²) in [6, 6.07) is 0. The van der Waals surface area contributed by atoms with E-state index in [9.17, 15) is 9.59 Å². The van der Waals surface area contributed by atoms with Crippen molar-refractivity contribution in [3.8, 4) is 0 Å². The molecule has 0 bridgehead atoms. The van der Waals surface area contributed by atoms with Crippen LogP contribution in [0.5, 0.6) is 0 Å². The van der Waals surface area contributed by atoms with E-state index in [1.807, 2.05) is 0 Å². The van der Waals surface area contributed by atoms with E-state index in [-0.39, 0.29) is 22.4 Å². The van der Waals surface area contributed by atoms with Crippen LogP contribution < -0.4 is 0 Å². The molecular weight excluding hydrogens is 308 g/mol. The normalized spacial score (nSPS) is 18.1. The van der Waals surface area contributed by atoms with Gasteiger partial charge in [0, 0.05) is 0 Å². The second kappa shape index (κ2) is 6.90. The first-order valence-corrected chi connectivity index (χ1v) is 3.47. The van der Waals surface area contributed by atoms with Gasteiger partial charge in [0.1, 0.15) is 12.2 Å². The van der Waals surface area contributed by atoms with E-state index in [1.165, 1.54) is 0 Å². The molecule has 4 unspecified atom stereocenters. The van der Waals surface area contributed by atoms with Crippen LogP contribution in [0.4, 0.5) is 0 Å². The number of carboxylic acid groups (broad SMARTS) is 2. The summed E-state index contributed by atoms with van der Waals surface area (Å²) >= 11 is 0. The van der Waals surface area contributed by atoms with Crippen LogP contribution in [0.2, 0.25) is 0 Å². The van der Waals surface area contributed by atoms with Gasteiger partial charge in [-0.2, -0.15) is 0 Å². The molecule has 0 saturated heterocycles. The molecule has 0 aromatic carbocycles. The van der Waals surface area contributed by atoms with Crippen molar-refractivity contribution in [1.82, 2.24) is 0 Å². The van der Waals surface area contributed by atoms with Crippen LogP contribution in [0.15, 0.2) is 0 Å². The number of carbonyl (C=O) groups is 2. The van der Waals surface area contributed by atoms with Crippen LogP contribution in [0.25, 0.3) is 0 Å². The molecule has 92 valence electrons. The molecule has 9 heteroatoms. The number of hydrogen-bond acceptors (Lipinski definition) is 6. The molecule has 0 aromatic rings. The fourth-order valence-electron chi connectivity index (χ4n) is 0.666. The fraction of sp³-hybridized carbons (Fsp3) is 0.667. The Morgan fingerprint density at radius 1 is 0.733 bits per heavy atom. The Kier molecular flexibility index (Phi) is 7.79. The third kappa shape index (κ3) is 4.71. The maximum absolute atomic E-state index is 10.1. The molecule has 4 atom stereocenters. The summed E-state index contributed by atoms with van der Waals surface area (Å²) in [4.78, 5) is 20.2. The molecule has 0 fully saturated rings. The van der Waals surface area contributed by atoms with E-state index >= 15 is 0 Å². The minimum Gasteiger partial charge on any atom is -0.479 e. The van der Waals surface area contributed by atoms with Gasteiger partial charge >= 0.3 is 34.3 Å². The summed E-state index contributed by atoms with van der Waals surface area (Å²) < 4.78 is 0. The molecule has 0 heterocycles. The Labute approximate surface area is 99.3 Å². The zero-order valence-electron chi connectivity index (χ0n) is 7.11. The number of aliphatic hydroxyl groups is 4. The number of aliphatic carboxylic acids is 2. The molecule has 0 aliphatic carbocycles. The van der Waals surface area contributed by atoms with Gasteiger partial charge in [0.05, 0.1) is 0 Å². The van der Waals surface area contributed by atoms with Gasteiger partial charge in [-0.1, -0.05) is 0 Å². The second-order valence-corrected chi connectivity index (χ2v) is 2.55. The van der Waals surface area contributed by atoms with Gasteiger partial charge in [0.2, 0.25) is 0 Å². The van der Waals surface area contributed by atoms with Crippen molar-refractivity contribution in [2.45, 2.75) is 24.4 Å². The van der Waals surface area contributed by atoms with Crippen molar-refractivity contribution in [1.29, 1.82) is 0 Å². The monoisotopic (exact) mass is 317 g/mol. The first-order valence-electron chi connectivity index (χ1n) is 3.47. The van der Waals surface area contributed by atoms with Crippen LogP contribution >= 0.6 is 0 Å². The molecule has 0 aliphatic rings. The van der Waals surface area contributed by atoms with Crippen LogP contribution in [-0.4, -0.2) is 67.0 Å².